The van der Waals surface area contributed by atoms with Crippen molar-refractivity contribution in [2.45, 2.75) is 25.2 Å². The third kappa shape index (κ3) is 1.49. The second kappa shape index (κ2) is 3.69. The fourth-order valence-electron chi connectivity index (χ4n) is 3.05. The zero-order chi connectivity index (χ0) is 12.0. The molecule has 3 rings (SSSR count). The largest absolute Gasteiger partial charge is 0.497 e. The van der Waals surface area contributed by atoms with Gasteiger partial charge in [-0.15, -0.1) is 0 Å². The molecule has 1 saturated carbocycles. The summed E-state index contributed by atoms with van der Waals surface area (Å²) < 4.78 is 5.14. The lowest BCUT2D eigenvalue weighted by molar-refractivity contribution is -0.121. The van der Waals surface area contributed by atoms with Crippen LogP contribution in [0.25, 0.3) is 0 Å². The molecule has 2 aliphatic carbocycles. The van der Waals surface area contributed by atoms with Gasteiger partial charge in [-0.2, -0.15) is 0 Å². The van der Waals surface area contributed by atoms with Crippen LogP contribution >= 0.6 is 0 Å². The Hall–Kier alpha value is -1.64. The molecule has 2 aliphatic rings. The summed E-state index contributed by atoms with van der Waals surface area (Å²) in [5, 5.41) is 0. The number of hydrogen-bond acceptors (Lipinski definition) is 3. The van der Waals surface area contributed by atoms with Crippen molar-refractivity contribution in [2.75, 3.05) is 7.11 Å². The molecule has 0 spiro atoms. The van der Waals surface area contributed by atoms with E-state index in [2.05, 4.69) is 0 Å². The van der Waals surface area contributed by atoms with E-state index in [1.165, 1.54) is 0 Å². The molecule has 0 radical (unpaired) electrons. The van der Waals surface area contributed by atoms with E-state index in [-0.39, 0.29) is 23.4 Å². The van der Waals surface area contributed by atoms with Crippen molar-refractivity contribution in [2.24, 2.45) is 5.92 Å². The van der Waals surface area contributed by atoms with Crippen LogP contribution in [0.2, 0.25) is 0 Å². The van der Waals surface area contributed by atoms with Gasteiger partial charge in [0, 0.05) is 24.3 Å². The van der Waals surface area contributed by atoms with Crippen molar-refractivity contribution >= 4 is 11.6 Å². The van der Waals surface area contributed by atoms with E-state index >= 15 is 0 Å². The van der Waals surface area contributed by atoms with Gasteiger partial charge in [0.05, 0.1) is 7.11 Å². The van der Waals surface area contributed by atoms with Gasteiger partial charge < -0.3 is 4.74 Å². The molecular formula is C14H14O3. The van der Waals surface area contributed by atoms with Gasteiger partial charge in [-0.25, -0.2) is 0 Å². The lowest BCUT2D eigenvalue weighted by Gasteiger charge is -2.23. The van der Waals surface area contributed by atoms with E-state index in [0.29, 0.717) is 18.6 Å². The predicted molar refractivity (Wildman–Crippen MR) is 62.4 cm³/mol. The van der Waals surface area contributed by atoms with Gasteiger partial charge in [0.25, 0.3) is 0 Å². The van der Waals surface area contributed by atoms with E-state index in [9.17, 15) is 9.59 Å². The molecule has 3 nitrogen and oxygen atoms in total. The summed E-state index contributed by atoms with van der Waals surface area (Å²) in [6, 6.07) is 5.68. The van der Waals surface area contributed by atoms with E-state index in [4.69, 9.17) is 4.74 Å². The van der Waals surface area contributed by atoms with Crippen molar-refractivity contribution in [3.05, 3.63) is 29.3 Å². The molecular weight excluding hydrogens is 216 g/mol. The maximum absolute atomic E-state index is 12.2. The number of carbonyl (C=O) groups excluding carboxylic acids is 2. The summed E-state index contributed by atoms with van der Waals surface area (Å²) >= 11 is 0. The fraction of sp³-hybridized carbons (Fsp3) is 0.429. The third-order valence-electron chi connectivity index (χ3n) is 3.93. The summed E-state index contributed by atoms with van der Waals surface area (Å²) in [7, 11) is 1.59. The van der Waals surface area contributed by atoms with Crippen LogP contribution in [0.4, 0.5) is 0 Å². The van der Waals surface area contributed by atoms with Crippen molar-refractivity contribution in [1.82, 2.24) is 0 Å². The predicted octanol–water partition coefficient (Wildman–Crippen LogP) is 2.34. The van der Waals surface area contributed by atoms with Crippen LogP contribution in [0.3, 0.4) is 0 Å². The highest BCUT2D eigenvalue weighted by molar-refractivity contribution is 6.06. The van der Waals surface area contributed by atoms with Crippen LogP contribution in [-0.2, 0) is 4.79 Å². The average Bonchev–Trinajstić information content (AvgIpc) is 2.62. The molecule has 1 aromatic carbocycles. The zero-order valence-corrected chi connectivity index (χ0v) is 9.73. The molecule has 1 fully saturated rings. The lowest BCUT2D eigenvalue weighted by Crippen LogP contribution is -2.23. The number of ether oxygens (including phenoxy) is 1. The highest BCUT2D eigenvalue weighted by atomic mass is 16.5. The van der Waals surface area contributed by atoms with Crippen LogP contribution in [0.1, 0.15) is 41.1 Å². The maximum atomic E-state index is 12.2. The fourth-order valence-corrected chi connectivity index (χ4v) is 3.05. The van der Waals surface area contributed by atoms with Crippen molar-refractivity contribution < 1.29 is 14.3 Å². The minimum absolute atomic E-state index is 0.113. The molecule has 3 heteroatoms. The minimum Gasteiger partial charge on any atom is -0.497 e. The minimum atomic E-state index is -0.113. The summed E-state index contributed by atoms with van der Waals surface area (Å²) in [4.78, 5) is 23.7. The van der Waals surface area contributed by atoms with Crippen LogP contribution in [-0.4, -0.2) is 18.7 Å². The quantitative estimate of drug-likeness (QED) is 0.743. The molecule has 0 aromatic heterocycles. The number of ketones is 2. The molecule has 1 aromatic rings. The Morgan fingerprint density at radius 1 is 1.24 bits per heavy atom. The SMILES string of the molecule is COc1ccc2c(c1)C(=O)[C@H]1CC(=O)CC[C@H]21. The summed E-state index contributed by atoms with van der Waals surface area (Å²) in [6.45, 7) is 0. The molecule has 0 bridgehead atoms. The van der Waals surface area contributed by atoms with E-state index in [1.807, 2.05) is 12.1 Å². The van der Waals surface area contributed by atoms with Crippen molar-refractivity contribution in [3.63, 3.8) is 0 Å². The molecule has 17 heavy (non-hydrogen) atoms. The van der Waals surface area contributed by atoms with Gasteiger partial charge in [0.1, 0.15) is 11.5 Å². The number of methoxy groups -OCH3 is 1. The third-order valence-corrected chi connectivity index (χ3v) is 3.93. The number of rotatable bonds is 1. The monoisotopic (exact) mass is 230 g/mol. The number of Topliss-reactive ketones (excluding diaryl/α,β-unsaturated/α-hetero) is 2. The Morgan fingerprint density at radius 2 is 2.06 bits per heavy atom. The lowest BCUT2D eigenvalue weighted by atomic mass is 9.79. The summed E-state index contributed by atoms with van der Waals surface area (Å²) in [5.74, 6) is 1.19. The highest BCUT2D eigenvalue weighted by Gasteiger charge is 2.43. The van der Waals surface area contributed by atoms with Gasteiger partial charge in [0.2, 0.25) is 0 Å². The van der Waals surface area contributed by atoms with Crippen molar-refractivity contribution in [1.29, 1.82) is 0 Å². The van der Waals surface area contributed by atoms with E-state index < -0.39 is 0 Å². The van der Waals surface area contributed by atoms with Gasteiger partial charge in [0.15, 0.2) is 5.78 Å². The van der Waals surface area contributed by atoms with Crippen LogP contribution in [0.15, 0.2) is 18.2 Å². The van der Waals surface area contributed by atoms with Crippen LogP contribution < -0.4 is 4.74 Å². The molecule has 0 unspecified atom stereocenters. The van der Waals surface area contributed by atoms with Gasteiger partial charge in [-0.3, -0.25) is 9.59 Å². The number of carbonyl (C=O) groups is 2. The zero-order valence-electron chi connectivity index (χ0n) is 9.73. The first kappa shape index (κ1) is 10.5. The summed E-state index contributed by atoms with van der Waals surface area (Å²) in [5.41, 5.74) is 1.86. The molecule has 88 valence electrons. The van der Waals surface area contributed by atoms with Crippen LogP contribution in [0, 0.1) is 5.92 Å². The molecule has 0 N–H and O–H groups in total. The summed E-state index contributed by atoms with van der Waals surface area (Å²) in [6.07, 6.45) is 1.84. The number of benzene rings is 1. The number of hydrogen-bond donors (Lipinski definition) is 0. The van der Waals surface area contributed by atoms with Gasteiger partial charge >= 0.3 is 0 Å². The molecule has 0 aliphatic heterocycles. The smallest absolute Gasteiger partial charge is 0.167 e. The molecule has 0 saturated heterocycles. The van der Waals surface area contributed by atoms with E-state index in [1.54, 1.807) is 13.2 Å². The van der Waals surface area contributed by atoms with Gasteiger partial charge in [-0.05, 0) is 30.0 Å². The maximum Gasteiger partial charge on any atom is 0.167 e. The topological polar surface area (TPSA) is 43.4 Å². The second-order valence-corrected chi connectivity index (χ2v) is 4.81. The Kier molecular flexibility index (Phi) is 2.28. The highest BCUT2D eigenvalue weighted by Crippen LogP contribution is 2.46. The van der Waals surface area contributed by atoms with E-state index in [0.717, 1.165) is 17.5 Å². The Balaban J connectivity index is 2.05. The Labute approximate surface area is 99.8 Å². The normalized spacial score (nSPS) is 26.6. The molecule has 2 atom stereocenters. The van der Waals surface area contributed by atoms with Gasteiger partial charge in [-0.1, -0.05) is 6.07 Å². The standard InChI is InChI=1S/C14H14O3/c1-17-9-3-5-11-10-4-2-8(15)6-12(10)14(16)13(11)7-9/h3,5,7,10,12H,2,4,6H2,1H3/t10-,12+/m1/s1. The second-order valence-electron chi connectivity index (χ2n) is 4.81. The van der Waals surface area contributed by atoms with Crippen LogP contribution in [0.5, 0.6) is 5.75 Å². The number of fused-ring (bicyclic) bond motifs is 3. The first-order valence-electron chi connectivity index (χ1n) is 5.94. The Morgan fingerprint density at radius 3 is 2.82 bits per heavy atom. The molecule has 0 amide bonds. The molecule has 0 heterocycles. The first-order chi connectivity index (χ1) is 8.20. The average molecular weight is 230 g/mol. The van der Waals surface area contributed by atoms with Crippen molar-refractivity contribution in [3.8, 4) is 5.75 Å². The Bertz CT molecular complexity index is 504. The first-order valence-corrected chi connectivity index (χ1v) is 5.94.